The van der Waals surface area contributed by atoms with Crippen molar-refractivity contribution in [2.45, 2.75) is 25.2 Å². The number of halogens is 3. The Balaban J connectivity index is 1.57. The van der Waals surface area contributed by atoms with Gasteiger partial charge in [-0.3, -0.25) is 14.4 Å². The molecule has 0 aliphatic carbocycles. The average molecular weight is 606 g/mol. The van der Waals surface area contributed by atoms with Crippen molar-refractivity contribution in [3.8, 4) is 0 Å². The lowest BCUT2D eigenvalue weighted by molar-refractivity contribution is -0.207. The maximum absolute atomic E-state index is 14.1. The smallest absolute Gasteiger partial charge is 0.443 e. The van der Waals surface area contributed by atoms with Crippen molar-refractivity contribution in [3.63, 3.8) is 0 Å². The Kier molecular flexibility index (Phi) is 8.21. The van der Waals surface area contributed by atoms with E-state index in [0.29, 0.717) is 16.5 Å². The second-order valence-electron chi connectivity index (χ2n) is 10.1. The molecule has 5 rings (SSSR count). The maximum Gasteiger partial charge on any atom is 0.490 e. The van der Waals surface area contributed by atoms with Gasteiger partial charge in [0.05, 0.1) is 0 Å². The summed E-state index contributed by atoms with van der Waals surface area (Å²) in [7, 11) is 0. The number of nitrogens with one attached hydrogen (secondary N) is 1. The van der Waals surface area contributed by atoms with Crippen LogP contribution in [-0.4, -0.2) is 65.0 Å². The number of nitrogens with two attached hydrogens (primary N) is 1. The summed E-state index contributed by atoms with van der Waals surface area (Å²) in [6, 6.07) is 18.6. The third-order valence-electron chi connectivity index (χ3n) is 7.12. The van der Waals surface area contributed by atoms with Gasteiger partial charge in [0.15, 0.2) is 6.04 Å². The van der Waals surface area contributed by atoms with E-state index in [1.807, 2.05) is 6.92 Å². The van der Waals surface area contributed by atoms with Gasteiger partial charge in [0.2, 0.25) is 6.10 Å². The molecule has 10 nitrogen and oxygen atoms in total. The number of benzene rings is 3. The van der Waals surface area contributed by atoms with E-state index in [1.54, 1.807) is 54.6 Å². The number of anilines is 3. The first-order valence-electron chi connectivity index (χ1n) is 13.4. The Hall–Kier alpha value is -5.46. The Bertz CT molecular complexity index is 1730. The van der Waals surface area contributed by atoms with E-state index in [0.717, 1.165) is 10.5 Å². The van der Waals surface area contributed by atoms with Gasteiger partial charge in [-0.05, 0) is 60.8 Å². The lowest BCUT2D eigenvalue weighted by Gasteiger charge is -2.42. The number of ether oxygens (including phenoxy) is 1. The number of piperazine rings is 1. The van der Waals surface area contributed by atoms with Gasteiger partial charge in [-0.25, -0.2) is 9.78 Å². The fourth-order valence-corrected chi connectivity index (χ4v) is 4.93. The van der Waals surface area contributed by atoms with Crippen LogP contribution in [0.2, 0.25) is 0 Å². The highest BCUT2D eigenvalue weighted by atomic mass is 19.4. The minimum atomic E-state index is -5.49. The second kappa shape index (κ2) is 12.0. The number of hydrogen-bond acceptors (Lipinski definition) is 7. The molecule has 4 aromatic rings. The lowest BCUT2D eigenvalue weighted by Crippen LogP contribution is -2.66. The monoisotopic (exact) mass is 605 g/mol. The molecule has 0 bridgehead atoms. The molecule has 2 atom stereocenters. The Labute approximate surface area is 249 Å². The topological polar surface area (TPSA) is 135 Å². The summed E-state index contributed by atoms with van der Waals surface area (Å²) in [6.07, 6.45) is -6.44. The van der Waals surface area contributed by atoms with Gasteiger partial charge in [-0.1, -0.05) is 35.9 Å². The molecule has 2 unspecified atom stereocenters. The minimum Gasteiger partial charge on any atom is -0.443 e. The van der Waals surface area contributed by atoms with Gasteiger partial charge in [0.25, 0.3) is 17.7 Å². The van der Waals surface area contributed by atoms with Crippen molar-refractivity contribution in [2.75, 3.05) is 29.0 Å². The number of pyridine rings is 1. The third kappa shape index (κ3) is 6.16. The Morgan fingerprint density at radius 2 is 1.70 bits per heavy atom. The van der Waals surface area contributed by atoms with E-state index in [4.69, 9.17) is 10.5 Å². The summed E-state index contributed by atoms with van der Waals surface area (Å²) in [4.78, 5) is 59.7. The number of rotatable bonds is 6. The quantitative estimate of drug-likeness (QED) is 0.316. The second-order valence-corrected chi connectivity index (χ2v) is 10.1. The van der Waals surface area contributed by atoms with Crippen LogP contribution in [0.1, 0.15) is 15.9 Å². The summed E-state index contributed by atoms with van der Waals surface area (Å²) in [5.41, 5.74) is 7.39. The zero-order valence-corrected chi connectivity index (χ0v) is 23.2. The van der Waals surface area contributed by atoms with Gasteiger partial charge in [0, 0.05) is 41.6 Å². The summed E-state index contributed by atoms with van der Waals surface area (Å²) in [5, 5.41) is 3.55. The van der Waals surface area contributed by atoms with Crippen LogP contribution in [0.4, 0.5) is 30.4 Å². The number of nitrogen functional groups attached to an aromatic ring is 1. The van der Waals surface area contributed by atoms with Gasteiger partial charge in [-0.15, -0.1) is 0 Å². The highest BCUT2D eigenvalue weighted by Crippen LogP contribution is 2.29. The van der Waals surface area contributed by atoms with Crippen LogP contribution in [0.3, 0.4) is 0 Å². The fourth-order valence-electron chi connectivity index (χ4n) is 4.93. The summed E-state index contributed by atoms with van der Waals surface area (Å²) >= 11 is 0. The summed E-state index contributed by atoms with van der Waals surface area (Å²) < 4.78 is 45.2. The third-order valence-corrected chi connectivity index (χ3v) is 7.12. The minimum absolute atomic E-state index is 0.0291. The number of esters is 1. The van der Waals surface area contributed by atoms with Gasteiger partial charge in [-0.2, -0.15) is 13.2 Å². The number of hydrogen-bond donors (Lipinski definition) is 2. The molecular weight excluding hydrogens is 579 g/mol. The summed E-state index contributed by atoms with van der Waals surface area (Å²) in [6.45, 7) is 1.63. The van der Waals surface area contributed by atoms with Crippen LogP contribution in [0.25, 0.3) is 10.8 Å². The van der Waals surface area contributed by atoms with Crippen LogP contribution in [0.5, 0.6) is 0 Å². The molecule has 1 aliphatic rings. The molecule has 44 heavy (non-hydrogen) atoms. The molecule has 3 aromatic carbocycles. The number of carbonyl (C=O) groups excluding carboxylic acids is 4. The summed E-state index contributed by atoms with van der Waals surface area (Å²) in [5.74, 6) is -5.36. The first kappa shape index (κ1) is 30.0. The van der Waals surface area contributed by atoms with E-state index in [2.05, 4.69) is 10.3 Å². The number of carbonyl (C=O) groups is 4. The van der Waals surface area contributed by atoms with Crippen molar-refractivity contribution >= 4 is 51.7 Å². The van der Waals surface area contributed by atoms with E-state index < -0.39 is 42.0 Å². The number of nitrogens with zero attached hydrogens (tertiary/aromatic N) is 3. The number of aromatic nitrogens is 1. The molecule has 1 aliphatic heterocycles. The molecule has 3 N–H and O–H groups in total. The zero-order valence-electron chi connectivity index (χ0n) is 23.2. The molecular formula is C31H26F3N5O5. The highest BCUT2D eigenvalue weighted by Gasteiger charge is 2.51. The van der Waals surface area contributed by atoms with Crippen molar-refractivity contribution < 1.29 is 37.1 Å². The standard InChI is InChI=1S/C31H26F3N5O5/c1-18-7-10-22(11-8-18)38-15-16-39(28(41)19-5-3-2-4-6-19)24(29(38)42)25(44-30(43)31(32,33)34)27(40)37-21-9-12-23-20(17-21)13-14-36-26(23)35/h2-14,17,24-25H,15-16H2,1H3,(H2,35,36)(H,37,40). The molecule has 1 fully saturated rings. The normalized spacial score (nSPS) is 16.0. The maximum atomic E-state index is 14.1. The molecule has 2 heterocycles. The first-order chi connectivity index (χ1) is 20.9. The molecule has 0 saturated carbocycles. The number of alkyl halides is 3. The Morgan fingerprint density at radius 1 is 1.00 bits per heavy atom. The van der Waals surface area contributed by atoms with Gasteiger partial charge in [0.1, 0.15) is 5.82 Å². The molecule has 3 amide bonds. The molecule has 226 valence electrons. The largest absolute Gasteiger partial charge is 0.490 e. The zero-order chi connectivity index (χ0) is 31.6. The van der Waals surface area contributed by atoms with E-state index >= 15 is 0 Å². The molecule has 1 aromatic heterocycles. The highest BCUT2D eigenvalue weighted by molar-refractivity contribution is 6.09. The van der Waals surface area contributed by atoms with Crippen LogP contribution in [0, 0.1) is 6.92 Å². The van der Waals surface area contributed by atoms with Gasteiger partial charge >= 0.3 is 12.1 Å². The van der Waals surface area contributed by atoms with E-state index in [1.165, 1.54) is 35.4 Å². The van der Waals surface area contributed by atoms with Crippen LogP contribution in [0.15, 0.2) is 85.1 Å². The van der Waals surface area contributed by atoms with Crippen molar-refractivity contribution in [1.29, 1.82) is 0 Å². The molecule has 1 saturated heterocycles. The fraction of sp³-hybridized carbons (Fsp3) is 0.194. The van der Waals surface area contributed by atoms with Crippen LogP contribution >= 0.6 is 0 Å². The predicted molar refractivity (Wildman–Crippen MR) is 156 cm³/mol. The van der Waals surface area contributed by atoms with Crippen molar-refractivity contribution in [1.82, 2.24) is 9.88 Å². The predicted octanol–water partition coefficient (Wildman–Crippen LogP) is 4.10. The number of fused-ring (bicyclic) bond motifs is 1. The van der Waals surface area contributed by atoms with Crippen LogP contribution < -0.4 is 16.0 Å². The Morgan fingerprint density at radius 3 is 2.39 bits per heavy atom. The van der Waals surface area contributed by atoms with Crippen molar-refractivity contribution in [2.24, 2.45) is 0 Å². The molecule has 13 heteroatoms. The van der Waals surface area contributed by atoms with Gasteiger partial charge < -0.3 is 25.6 Å². The van der Waals surface area contributed by atoms with E-state index in [9.17, 15) is 32.3 Å². The number of amides is 3. The number of aryl methyl sites for hydroxylation is 1. The lowest BCUT2D eigenvalue weighted by atomic mass is 10.0. The van der Waals surface area contributed by atoms with E-state index in [-0.39, 0.29) is 30.2 Å². The first-order valence-corrected chi connectivity index (χ1v) is 13.4. The molecule has 0 spiro atoms. The van der Waals surface area contributed by atoms with Crippen molar-refractivity contribution in [3.05, 3.63) is 96.2 Å². The van der Waals surface area contributed by atoms with Crippen LogP contribution in [-0.2, 0) is 19.1 Å². The SMILES string of the molecule is Cc1ccc(N2CCN(C(=O)c3ccccc3)C(C(OC(=O)C(F)(F)F)C(=O)Nc3ccc4c(N)nccc4c3)C2=O)cc1. The average Bonchev–Trinajstić information content (AvgIpc) is 3.00. The molecule has 0 radical (unpaired) electrons.